The summed E-state index contributed by atoms with van der Waals surface area (Å²) in [5.74, 6) is 0. The van der Waals surface area contributed by atoms with Crippen molar-refractivity contribution in [1.82, 2.24) is 0 Å². The van der Waals surface area contributed by atoms with Crippen molar-refractivity contribution in [1.29, 1.82) is 0 Å². The van der Waals surface area contributed by atoms with E-state index in [2.05, 4.69) is 0 Å². The first-order chi connectivity index (χ1) is 9.72. The number of unbranched alkanes of at least 4 members (excludes halogenated alkanes) is 9. The van der Waals surface area contributed by atoms with Crippen LogP contribution in [0, 0.1) is 0 Å². The Morgan fingerprint density at radius 2 is 0.700 bits per heavy atom. The van der Waals surface area contributed by atoms with Crippen molar-refractivity contribution >= 4 is 0 Å². The molecule has 0 aliphatic rings. The molecule has 0 aromatic heterocycles. The van der Waals surface area contributed by atoms with Crippen molar-refractivity contribution in [2.45, 2.75) is 70.3 Å². The predicted molar refractivity (Wildman–Crippen MR) is 80.5 cm³/mol. The van der Waals surface area contributed by atoms with Crippen molar-refractivity contribution < 1.29 is 25.5 Å². The number of aliphatic hydroxyl groups is 5. The van der Waals surface area contributed by atoms with Gasteiger partial charge in [-0.3, -0.25) is 0 Å². The van der Waals surface area contributed by atoms with Crippen LogP contribution in [0.1, 0.15) is 64.2 Å². The lowest BCUT2D eigenvalue weighted by molar-refractivity contribution is 0.0450. The Labute approximate surface area is 123 Å². The van der Waals surface area contributed by atoms with Crippen molar-refractivity contribution in [2.75, 3.05) is 26.4 Å². The van der Waals surface area contributed by atoms with Gasteiger partial charge in [-0.1, -0.05) is 51.4 Å². The summed E-state index contributed by atoms with van der Waals surface area (Å²) in [6, 6.07) is 0. The molecule has 0 spiro atoms. The quantitative estimate of drug-likeness (QED) is 0.329. The van der Waals surface area contributed by atoms with Crippen LogP contribution in [-0.2, 0) is 0 Å². The standard InChI is InChI=1S/C12H26O2.C3H8O3/c13-11-9-7-5-3-1-2-4-6-8-10-12-14;4-1-3(6)2-5/h13-14H,1-12H2;3-6H,1-2H2. The average Bonchev–Trinajstić information content (AvgIpc) is 2.49. The van der Waals surface area contributed by atoms with Crippen LogP contribution in [-0.4, -0.2) is 58.1 Å². The van der Waals surface area contributed by atoms with Gasteiger partial charge in [0.15, 0.2) is 0 Å². The molecular formula is C15H34O5. The lowest BCUT2D eigenvalue weighted by Crippen LogP contribution is -2.15. The van der Waals surface area contributed by atoms with E-state index >= 15 is 0 Å². The van der Waals surface area contributed by atoms with Crippen molar-refractivity contribution in [3.63, 3.8) is 0 Å². The molecule has 0 saturated carbocycles. The van der Waals surface area contributed by atoms with E-state index in [1.165, 1.54) is 51.4 Å². The summed E-state index contributed by atoms with van der Waals surface area (Å²) >= 11 is 0. The van der Waals surface area contributed by atoms with Gasteiger partial charge >= 0.3 is 0 Å². The van der Waals surface area contributed by atoms with Crippen LogP contribution >= 0.6 is 0 Å². The highest BCUT2D eigenvalue weighted by molar-refractivity contribution is 4.47. The molecule has 20 heavy (non-hydrogen) atoms. The van der Waals surface area contributed by atoms with Gasteiger partial charge < -0.3 is 25.5 Å². The summed E-state index contributed by atoms with van der Waals surface area (Å²) in [5, 5.41) is 41.2. The van der Waals surface area contributed by atoms with Crippen molar-refractivity contribution in [3.05, 3.63) is 0 Å². The Hall–Kier alpha value is -0.200. The number of hydrogen-bond donors (Lipinski definition) is 5. The van der Waals surface area contributed by atoms with E-state index in [1.807, 2.05) is 0 Å². The van der Waals surface area contributed by atoms with Crippen molar-refractivity contribution in [2.24, 2.45) is 0 Å². The topological polar surface area (TPSA) is 101 Å². The third kappa shape index (κ3) is 22.9. The molecule has 0 atom stereocenters. The Bertz CT molecular complexity index is 139. The van der Waals surface area contributed by atoms with Gasteiger partial charge in [0.2, 0.25) is 0 Å². The van der Waals surface area contributed by atoms with Crippen LogP contribution in [0.5, 0.6) is 0 Å². The summed E-state index contributed by atoms with van der Waals surface area (Å²) in [4.78, 5) is 0. The van der Waals surface area contributed by atoms with E-state index in [9.17, 15) is 0 Å². The fourth-order valence-electron chi connectivity index (χ4n) is 1.70. The molecule has 0 fully saturated rings. The van der Waals surface area contributed by atoms with E-state index < -0.39 is 6.10 Å². The lowest BCUT2D eigenvalue weighted by atomic mass is 10.1. The normalized spacial score (nSPS) is 10.5. The molecule has 0 radical (unpaired) electrons. The van der Waals surface area contributed by atoms with Crippen LogP contribution in [0.25, 0.3) is 0 Å². The van der Waals surface area contributed by atoms with Gasteiger partial charge in [-0.15, -0.1) is 0 Å². The van der Waals surface area contributed by atoms with Gasteiger partial charge in [0.05, 0.1) is 13.2 Å². The van der Waals surface area contributed by atoms with E-state index in [0.29, 0.717) is 13.2 Å². The van der Waals surface area contributed by atoms with Gasteiger partial charge in [0, 0.05) is 13.2 Å². The Morgan fingerprint density at radius 3 is 0.850 bits per heavy atom. The van der Waals surface area contributed by atoms with Crippen LogP contribution in [0.15, 0.2) is 0 Å². The van der Waals surface area contributed by atoms with Gasteiger partial charge in [-0.05, 0) is 12.8 Å². The van der Waals surface area contributed by atoms with E-state index in [-0.39, 0.29) is 13.2 Å². The molecule has 0 aliphatic heterocycles. The van der Waals surface area contributed by atoms with E-state index in [0.717, 1.165) is 12.8 Å². The third-order valence-electron chi connectivity index (χ3n) is 2.99. The van der Waals surface area contributed by atoms with E-state index in [1.54, 1.807) is 0 Å². The Morgan fingerprint density at radius 1 is 0.450 bits per heavy atom. The van der Waals surface area contributed by atoms with Crippen LogP contribution < -0.4 is 0 Å². The molecule has 0 aromatic carbocycles. The molecular weight excluding hydrogens is 260 g/mol. The first-order valence-electron chi connectivity index (χ1n) is 7.84. The zero-order valence-electron chi connectivity index (χ0n) is 12.7. The first kappa shape index (κ1) is 22.1. The SMILES string of the molecule is OCC(O)CO.OCCCCCCCCCCCCO. The summed E-state index contributed by atoms with van der Waals surface area (Å²) in [6.45, 7) is -0.0324. The molecule has 5 N–H and O–H groups in total. The summed E-state index contributed by atoms with van der Waals surface area (Å²) < 4.78 is 0. The summed E-state index contributed by atoms with van der Waals surface area (Å²) in [7, 11) is 0. The monoisotopic (exact) mass is 294 g/mol. The van der Waals surface area contributed by atoms with Crippen LogP contribution in [0.4, 0.5) is 0 Å². The number of aliphatic hydroxyl groups excluding tert-OH is 5. The minimum atomic E-state index is -0.954. The van der Waals surface area contributed by atoms with Gasteiger partial charge in [-0.25, -0.2) is 0 Å². The number of hydrogen-bond acceptors (Lipinski definition) is 5. The highest BCUT2D eigenvalue weighted by Crippen LogP contribution is 2.10. The molecule has 5 nitrogen and oxygen atoms in total. The second-order valence-corrected chi connectivity index (χ2v) is 5.00. The van der Waals surface area contributed by atoms with Gasteiger partial charge in [0.25, 0.3) is 0 Å². The number of rotatable bonds is 13. The fourth-order valence-corrected chi connectivity index (χ4v) is 1.70. The zero-order valence-corrected chi connectivity index (χ0v) is 12.7. The van der Waals surface area contributed by atoms with Gasteiger partial charge in [-0.2, -0.15) is 0 Å². The molecule has 0 rings (SSSR count). The summed E-state index contributed by atoms with van der Waals surface area (Å²) in [6.07, 6.45) is 11.2. The third-order valence-corrected chi connectivity index (χ3v) is 2.99. The maximum atomic E-state index is 8.57. The maximum absolute atomic E-state index is 8.57. The lowest BCUT2D eigenvalue weighted by Gasteiger charge is -2.01. The molecule has 0 saturated heterocycles. The largest absolute Gasteiger partial charge is 0.396 e. The summed E-state index contributed by atoms with van der Waals surface area (Å²) in [5.41, 5.74) is 0. The predicted octanol–water partition coefficient (Wildman–Crippen LogP) is 1.20. The van der Waals surface area contributed by atoms with Crippen molar-refractivity contribution in [3.8, 4) is 0 Å². The minimum absolute atomic E-state index is 0.348. The molecule has 0 unspecified atom stereocenters. The molecule has 0 aromatic rings. The highest BCUT2D eigenvalue weighted by atomic mass is 16.3. The van der Waals surface area contributed by atoms with Crippen LogP contribution in [0.2, 0.25) is 0 Å². The first-order valence-corrected chi connectivity index (χ1v) is 7.84. The Kier molecular flexibility index (Phi) is 23.3. The molecule has 5 heteroatoms. The van der Waals surface area contributed by atoms with Crippen LogP contribution in [0.3, 0.4) is 0 Å². The molecule has 124 valence electrons. The van der Waals surface area contributed by atoms with E-state index in [4.69, 9.17) is 25.5 Å². The molecule has 0 amide bonds. The second-order valence-electron chi connectivity index (χ2n) is 5.00. The molecule has 0 aliphatic carbocycles. The minimum Gasteiger partial charge on any atom is -0.396 e. The Balaban J connectivity index is 0. The zero-order chi connectivity index (χ0) is 15.5. The maximum Gasteiger partial charge on any atom is 0.100 e. The highest BCUT2D eigenvalue weighted by Gasteiger charge is 1.94. The fraction of sp³-hybridized carbons (Fsp3) is 1.00. The second kappa shape index (κ2) is 21.1. The molecule has 0 heterocycles. The smallest absolute Gasteiger partial charge is 0.100 e. The average molecular weight is 294 g/mol. The molecule has 0 bridgehead atoms. The van der Waals surface area contributed by atoms with Gasteiger partial charge in [0.1, 0.15) is 6.10 Å².